The van der Waals surface area contributed by atoms with Gasteiger partial charge in [-0.1, -0.05) is 0 Å². The molecule has 106 valence electrons. The van der Waals surface area contributed by atoms with Gasteiger partial charge in [-0.25, -0.2) is 0 Å². The van der Waals surface area contributed by atoms with Crippen molar-refractivity contribution < 1.29 is 4.79 Å². The van der Waals surface area contributed by atoms with Crippen molar-refractivity contribution in [2.75, 3.05) is 11.9 Å². The summed E-state index contributed by atoms with van der Waals surface area (Å²) in [4.78, 5) is 14.6. The first-order valence-corrected chi connectivity index (χ1v) is 7.63. The van der Waals surface area contributed by atoms with Crippen LogP contribution >= 0.6 is 11.3 Å². The van der Waals surface area contributed by atoms with Gasteiger partial charge in [0.05, 0.1) is 6.04 Å². The Labute approximate surface area is 124 Å². The van der Waals surface area contributed by atoms with Crippen molar-refractivity contribution in [3.05, 3.63) is 51.7 Å². The SMILES string of the molecule is CCNc1ccc(C(=O)NC(C)c2ccc(C)s2)cc1. The zero-order valence-electron chi connectivity index (χ0n) is 12.1. The number of anilines is 1. The van der Waals surface area contributed by atoms with Crippen LogP contribution in [-0.4, -0.2) is 12.5 Å². The van der Waals surface area contributed by atoms with E-state index in [4.69, 9.17) is 0 Å². The minimum absolute atomic E-state index is 0.0356. The Kier molecular flexibility index (Phi) is 4.79. The van der Waals surface area contributed by atoms with Crippen molar-refractivity contribution in [2.24, 2.45) is 0 Å². The van der Waals surface area contributed by atoms with Crippen LogP contribution in [0.3, 0.4) is 0 Å². The summed E-state index contributed by atoms with van der Waals surface area (Å²) in [6.07, 6.45) is 0. The summed E-state index contributed by atoms with van der Waals surface area (Å²) in [5.41, 5.74) is 1.72. The second-order valence-electron chi connectivity index (χ2n) is 4.75. The molecule has 0 radical (unpaired) electrons. The molecule has 1 unspecified atom stereocenters. The van der Waals surface area contributed by atoms with E-state index in [9.17, 15) is 4.79 Å². The highest BCUT2D eigenvalue weighted by Gasteiger charge is 2.12. The summed E-state index contributed by atoms with van der Waals surface area (Å²) in [5.74, 6) is -0.0356. The molecular formula is C16H20N2OS. The maximum atomic E-state index is 12.2. The number of amides is 1. The molecule has 4 heteroatoms. The van der Waals surface area contributed by atoms with Gasteiger partial charge in [-0.2, -0.15) is 0 Å². The molecule has 0 saturated heterocycles. The maximum absolute atomic E-state index is 12.2. The summed E-state index contributed by atoms with van der Waals surface area (Å²) < 4.78 is 0. The van der Waals surface area contributed by atoms with Gasteiger partial charge in [0.1, 0.15) is 0 Å². The molecule has 0 aliphatic heterocycles. The van der Waals surface area contributed by atoms with Gasteiger partial charge < -0.3 is 10.6 Å². The average molecular weight is 288 g/mol. The van der Waals surface area contributed by atoms with Gasteiger partial charge in [0, 0.05) is 27.5 Å². The van der Waals surface area contributed by atoms with Crippen molar-refractivity contribution in [1.82, 2.24) is 5.32 Å². The van der Waals surface area contributed by atoms with E-state index in [1.54, 1.807) is 11.3 Å². The molecule has 0 bridgehead atoms. The largest absolute Gasteiger partial charge is 0.385 e. The van der Waals surface area contributed by atoms with E-state index >= 15 is 0 Å². The Hall–Kier alpha value is -1.81. The molecular weight excluding hydrogens is 268 g/mol. The normalized spacial score (nSPS) is 11.9. The number of aryl methyl sites for hydroxylation is 1. The summed E-state index contributed by atoms with van der Waals surface area (Å²) in [6.45, 7) is 7.00. The molecule has 1 amide bonds. The zero-order valence-corrected chi connectivity index (χ0v) is 12.9. The van der Waals surface area contributed by atoms with E-state index in [0.29, 0.717) is 5.56 Å². The number of thiophene rings is 1. The summed E-state index contributed by atoms with van der Waals surface area (Å²) in [7, 11) is 0. The van der Waals surface area contributed by atoms with Crippen molar-refractivity contribution in [3.8, 4) is 0 Å². The van der Waals surface area contributed by atoms with Crippen molar-refractivity contribution in [3.63, 3.8) is 0 Å². The average Bonchev–Trinajstić information content (AvgIpc) is 2.86. The number of rotatable bonds is 5. The minimum atomic E-state index is -0.0356. The van der Waals surface area contributed by atoms with Crippen LogP contribution in [0.25, 0.3) is 0 Å². The van der Waals surface area contributed by atoms with Crippen LogP contribution in [0.5, 0.6) is 0 Å². The lowest BCUT2D eigenvalue weighted by Gasteiger charge is -2.12. The van der Waals surface area contributed by atoms with E-state index in [0.717, 1.165) is 12.2 Å². The smallest absolute Gasteiger partial charge is 0.251 e. The van der Waals surface area contributed by atoms with Crippen molar-refractivity contribution in [1.29, 1.82) is 0 Å². The lowest BCUT2D eigenvalue weighted by Crippen LogP contribution is -2.26. The molecule has 20 heavy (non-hydrogen) atoms. The van der Waals surface area contributed by atoms with Crippen LogP contribution in [-0.2, 0) is 0 Å². The molecule has 1 heterocycles. The standard InChI is InChI=1S/C16H20N2OS/c1-4-17-14-8-6-13(7-9-14)16(19)18-12(3)15-10-5-11(2)20-15/h5-10,12,17H,4H2,1-3H3,(H,18,19). The Morgan fingerprint density at radius 2 is 1.90 bits per heavy atom. The van der Waals surface area contributed by atoms with Crippen LogP contribution in [0.2, 0.25) is 0 Å². The molecule has 2 aromatic rings. The number of benzene rings is 1. The molecule has 2 N–H and O–H groups in total. The second-order valence-corrected chi connectivity index (χ2v) is 6.07. The number of nitrogens with one attached hydrogen (secondary N) is 2. The fraction of sp³-hybridized carbons (Fsp3) is 0.312. The topological polar surface area (TPSA) is 41.1 Å². The zero-order chi connectivity index (χ0) is 14.5. The predicted octanol–water partition coefficient (Wildman–Crippen LogP) is 3.98. The monoisotopic (exact) mass is 288 g/mol. The number of carbonyl (C=O) groups excluding carboxylic acids is 1. The molecule has 0 fully saturated rings. The minimum Gasteiger partial charge on any atom is -0.385 e. The van der Waals surface area contributed by atoms with Gasteiger partial charge in [-0.15, -0.1) is 11.3 Å². The Balaban J connectivity index is 2.00. The fourth-order valence-electron chi connectivity index (χ4n) is 1.98. The van der Waals surface area contributed by atoms with E-state index < -0.39 is 0 Å². The van der Waals surface area contributed by atoms with Gasteiger partial charge in [-0.3, -0.25) is 4.79 Å². The molecule has 1 aromatic carbocycles. The number of hydrogen-bond donors (Lipinski definition) is 2. The molecule has 3 nitrogen and oxygen atoms in total. The summed E-state index contributed by atoms with van der Waals surface area (Å²) >= 11 is 1.72. The van der Waals surface area contributed by atoms with Gasteiger partial charge in [0.15, 0.2) is 0 Å². The third-order valence-corrected chi connectivity index (χ3v) is 4.25. The lowest BCUT2D eigenvalue weighted by molar-refractivity contribution is 0.0940. The van der Waals surface area contributed by atoms with Crippen molar-refractivity contribution >= 4 is 22.9 Å². The van der Waals surface area contributed by atoms with E-state index in [1.165, 1.54) is 9.75 Å². The third-order valence-electron chi connectivity index (χ3n) is 3.06. The van der Waals surface area contributed by atoms with Gasteiger partial charge in [0.2, 0.25) is 0 Å². The molecule has 1 atom stereocenters. The molecule has 0 saturated carbocycles. The first kappa shape index (κ1) is 14.6. The van der Waals surface area contributed by atoms with E-state index in [-0.39, 0.29) is 11.9 Å². The Bertz CT molecular complexity index is 574. The molecule has 0 spiro atoms. The van der Waals surface area contributed by atoms with Crippen molar-refractivity contribution in [2.45, 2.75) is 26.8 Å². The van der Waals surface area contributed by atoms with Gasteiger partial charge in [-0.05, 0) is 57.2 Å². The summed E-state index contributed by atoms with van der Waals surface area (Å²) in [5, 5.41) is 6.24. The van der Waals surface area contributed by atoms with Crippen LogP contribution in [0.15, 0.2) is 36.4 Å². The highest BCUT2D eigenvalue weighted by molar-refractivity contribution is 7.12. The maximum Gasteiger partial charge on any atom is 0.251 e. The van der Waals surface area contributed by atoms with Crippen LogP contribution in [0.4, 0.5) is 5.69 Å². The first-order valence-electron chi connectivity index (χ1n) is 6.81. The highest BCUT2D eigenvalue weighted by Crippen LogP contribution is 2.22. The second kappa shape index (κ2) is 6.57. The molecule has 0 aliphatic rings. The van der Waals surface area contributed by atoms with Crippen LogP contribution in [0.1, 0.15) is 40.0 Å². The first-order chi connectivity index (χ1) is 9.60. The Morgan fingerprint density at radius 1 is 1.20 bits per heavy atom. The summed E-state index contributed by atoms with van der Waals surface area (Å²) in [6, 6.07) is 11.7. The van der Waals surface area contributed by atoms with Crippen LogP contribution in [0, 0.1) is 6.92 Å². The Morgan fingerprint density at radius 3 is 2.45 bits per heavy atom. The predicted molar refractivity (Wildman–Crippen MR) is 85.5 cm³/mol. The van der Waals surface area contributed by atoms with Gasteiger partial charge in [0.25, 0.3) is 5.91 Å². The quantitative estimate of drug-likeness (QED) is 0.873. The fourth-order valence-corrected chi connectivity index (χ4v) is 2.86. The third kappa shape index (κ3) is 3.61. The van der Waals surface area contributed by atoms with E-state index in [2.05, 4.69) is 29.7 Å². The van der Waals surface area contributed by atoms with Gasteiger partial charge >= 0.3 is 0 Å². The molecule has 1 aromatic heterocycles. The molecule has 2 rings (SSSR count). The van der Waals surface area contributed by atoms with Crippen LogP contribution < -0.4 is 10.6 Å². The number of carbonyl (C=O) groups is 1. The lowest BCUT2D eigenvalue weighted by atomic mass is 10.1. The number of hydrogen-bond acceptors (Lipinski definition) is 3. The highest BCUT2D eigenvalue weighted by atomic mass is 32.1. The van der Waals surface area contributed by atoms with E-state index in [1.807, 2.05) is 38.1 Å². The molecule has 0 aliphatic carbocycles.